The number of nitrogens with zero attached hydrogens (tertiary/aromatic N) is 3. The molecule has 1 fully saturated rings. The normalized spacial score (nSPS) is 18.2. The van der Waals surface area contributed by atoms with Gasteiger partial charge in [-0.3, -0.25) is 4.98 Å². The summed E-state index contributed by atoms with van der Waals surface area (Å²) in [6.07, 6.45) is 3.80. The summed E-state index contributed by atoms with van der Waals surface area (Å²) in [5.74, 6) is -0.252. The van der Waals surface area contributed by atoms with Crippen molar-refractivity contribution in [3.05, 3.63) is 120 Å². The molecule has 4 aromatic rings. The van der Waals surface area contributed by atoms with Crippen LogP contribution < -0.4 is 5.32 Å². The predicted molar refractivity (Wildman–Crippen MR) is 123 cm³/mol. The van der Waals surface area contributed by atoms with E-state index in [0.29, 0.717) is 11.7 Å². The Morgan fingerprint density at radius 2 is 1.68 bits per heavy atom. The number of halogens is 1. The minimum atomic E-state index is -0.252. The lowest BCUT2D eigenvalue weighted by atomic mass is 10.0. The molecule has 0 aliphatic carbocycles. The van der Waals surface area contributed by atoms with Crippen LogP contribution >= 0.6 is 12.2 Å². The van der Waals surface area contributed by atoms with Crippen molar-refractivity contribution in [1.29, 1.82) is 0 Å². The fraction of sp³-hybridized carbons (Fsp3) is 0.120. The molecule has 1 aliphatic heterocycles. The van der Waals surface area contributed by atoms with Crippen LogP contribution in [0, 0.1) is 5.82 Å². The van der Waals surface area contributed by atoms with E-state index in [-0.39, 0.29) is 17.9 Å². The highest BCUT2D eigenvalue weighted by Crippen LogP contribution is 2.40. The topological polar surface area (TPSA) is 33.1 Å². The second-order valence-electron chi connectivity index (χ2n) is 7.52. The molecule has 31 heavy (non-hydrogen) atoms. The molecule has 0 spiro atoms. The number of benzene rings is 2. The largest absolute Gasteiger partial charge is 0.352 e. The second kappa shape index (κ2) is 8.32. The zero-order valence-electron chi connectivity index (χ0n) is 16.7. The molecule has 4 nitrogen and oxygen atoms in total. The highest BCUT2D eigenvalue weighted by molar-refractivity contribution is 7.80. The van der Waals surface area contributed by atoms with E-state index in [9.17, 15) is 4.39 Å². The first-order valence-electron chi connectivity index (χ1n) is 10.2. The third-order valence-corrected chi connectivity index (χ3v) is 5.93. The molecule has 3 heterocycles. The number of thiocarbonyl (C=S) groups is 1. The lowest BCUT2D eigenvalue weighted by Crippen LogP contribution is -2.30. The van der Waals surface area contributed by atoms with Crippen LogP contribution in [0.1, 0.15) is 29.0 Å². The molecule has 2 unspecified atom stereocenters. The molecule has 0 saturated carbocycles. The summed E-state index contributed by atoms with van der Waals surface area (Å²) in [5, 5.41) is 4.18. The molecule has 1 N–H and O–H groups in total. The summed E-state index contributed by atoms with van der Waals surface area (Å²) in [6.45, 7) is 0.676. The molecule has 0 amide bonds. The number of hydrogen-bond donors (Lipinski definition) is 1. The average Bonchev–Trinajstić information content (AvgIpc) is 3.40. The highest BCUT2D eigenvalue weighted by Gasteiger charge is 2.41. The quantitative estimate of drug-likeness (QED) is 0.444. The van der Waals surface area contributed by atoms with Crippen molar-refractivity contribution < 1.29 is 4.39 Å². The van der Waals surface area contributed by atoms with Gasteiger partial charge in [0.05, 0.1) is 17.8 Å². The zero-order valence-corrected chi connectivity index (χ0v) is 17.5. The lowest BCUT2D eigenvalue weighted by Gasteiger charge is -2.29. The summed E-state index contributed by atoms with van der Waals surface area (Å²) in [4.78, 5) is 6.81. The maximum Gasteiger partial charge on any atom is 0.170 e. The van der Waals surface area contributed by atoms with E-state index >= 15 is 0 Å². The molecule has 0 bridgehead atoms. The minimum absolute atomic E-state index is 0.0809. The van der Waals surface area contributed by atoms with Gasteiger partial charge in [-0.2, -0.15) is 0 Å². The van der Waals surface area contributed by atoms with Crippen molar-refractivity contribution in [3.8, 4) is 5.69 Å². The summed E-state index contributed by atoms with van der Waals surface area (Å²) < 4.78 is 15.6. The third-order valence-electron chi connectivity index (χ3n) is 5.58. The van der Waals surface area contributed by atoms with Gasteiger partial charge in [-0.15, -0.1) is 0 Å². The van der Waals surface area contributed by atoms with Crippen molar-refractivity contribution in [1.82, 2.24) is 19.8 Å². The molecular weight excluding hydrogens is 407 g/mol. The first kappa shape index (κ1) is 19.5. The Morgan fingerprint density at radius 3 is 2.42 bits per heavy atom. The summed E-state index contributed by atoms with van der Waals surface area (Å²) >= 11 is 5.77. The van der Waals surface area contributed by atoms with E-state index in [4.69, 9.17) is 12.2 Å². The Labute approximate surface area is 186 Å². The van der Waals surface area contributed by atoms with Gasteiger partial charge in [-0.1, -0.05) is 36.4 Å². The second-order valence-corrected chi connectivity index (χ2v) is 7.91. The van der Waals surface area contributed by atoms with Gasteiger partial charge in [0.15, 0.2) is 5.11 Å². The maximum absolute atomic E-state index is 13.5. The molecule has 1 saturated heterocycles. The van der Waals surface area contributed by atoms with Crippen LogP contribution in [0.4, 0.5) is 4.39 Å². The molecule has 1 aliphatic rings. The number of hydrogen-bond acceptors (Lipinski definition) is 2. The monoisotopic (exact) mass is 428 g/mol. The molecular formula is C25H21FN4S. The van der Waals surface area contributed by atoms with E-state index in [1.165, 1.54) is 17.7 Å². The van der Waals surface area contributed by atoms with Gasteiger partial charge in [0.2, 0.25) is 0 Å². The number of rotatable bonds is 5. The van der Waals surface area contributed by atoms with Gasteiger partial charge in [-0.25, -0.2) is 4.39 Å². The smallest absolute Gasteiger partial charge is 0.170 e. The Kier molecular flexibility index (Phi) is 5.22. The molecule has 2 aromatic carbocycles. The highest BCUT2D eigenvalue weighted by atomic mass is 32.1. The van der Waals surface area contributed by atoms with Crippen LogP contribution in [0.25, 0.3) is 5.69 Å². The van der Waals surface area contributed by atoms with Gasteiger partial charge in [-0.05, 0) is 66.3 Å². The van der Waals surface area contributed by atoms with Crippen LogP contribution in [0.15, 0.2) is 97.3 Å². The van der Waals surface area contributed by atoms with Crippen molar-refractivity contribution in [3.63, 3.8) is 0 Å². The van der Waals surface area contributed by atoms with Crippen LogP contribution in [0.5, 0.6) is 0 Å². The van der Waals surface area contributed by atoms with Gasteiger partial charge < -0.3 is 14.8 Å². The summed E-state index contributed by atoms with van der Waals surface area (Å²) in [5.41, 5.74) is 4.07. The predicted octanol–water partition coefficient (Wildman–Crippen LogP) is 5.18. The average molecular weight is 429 g/mol. The fourth-order valence-corrected chi connectivity index (χ4v) is 4.45. The van der Waals surface area contributed by atoms with Crippen LogP contribution in [0.3, 0.4) is 0 Å². The Morgan fingerprint density at radius 1 is 0.903 bits per heavy atom. The molecule has 2 aromatic heterocycles. The SMILES string of the molecule is Fc1ccc(-n2cccc2C2C(c3ccccn3)NC(=S)N2Cc2ccccc2)cc1. The maximum atomic E-state index is 13.5. The van der Waals surface area contributed by atoms with Crippen molar-refractivity contribution in [2.45, 2.75) is 18.6 Å². The van der Waals surface area contributed by atoms with Crippen LogP contribution in [-0.4, -0.2) is 19.6 Å². The molecule has 154 valence electrons. The zero-order chi connectivity index (χ0) is 21.2. The van der Waals surface area contributed by atoms with E-state index in [0.717, 1.165) is 17.1 Å². The van der Waals surface area contributed by atoms with E-state index in [1.54, 1.807) is 18.3 Å². The number of pyridine rings is 1. The van der Waals surface area contributed by atoms with E-state index < -0.39 is 0 Å². The summed E-state index contributed by atoms with van der Waals surface area (Å²) in [7, 11) is 0. The van der Waals surface area contributed by atoms with Crippen LogP contribution in [0.2, 0.25) is 0 Å². The standard InChI is InChI=1S/C25H21FN4S/c26-19-11-13-20(14-12-19)29-16-6-10-22(29)24-23(21-9-4-5-15-27-21)28-25(31)30(24)17-18-7-2-1-3-8-18/h1-16,23-24H,17H2,(H,28,31). The molecule has 5 rings (SSSR count). The van der Waals surface area contributed by atoms with Gasteiger partial charge in [0.25, 0.3) is 0 Å². The molecule has 0 radical (unpaired) electrons. The third kappa shape index (κ3) is 3.82. The fourth-order valence-electron chi connectivity index (χ4n) is 4.15. The Balaban J connectivity index is 1.60. The number of aromatic nitrogens is 2. The first-order chi connectivity index (χ1) is 15.2. The number of nitrogens with one attached hydrogen (secondary N) is 1. The Bertz CT molecular complexity index is 1180. The lowest BCUT2D eigenvalue weighted by molar-refractivity contribution is 0.302. The Hall–Kier alpha value is -3.51. The van der Waals surface area contributed by atoms with E-state index in [1.807, 2.05) is 48.7 Å². The summed E-state index contributed by atoms with van der Waals surface area (Å²) in [6, 6.07) is 26.7. The molecule has 6 heteroatoms. The van der Waals surface area contributed by atoms with Crippen LogP contribution in [-0.2, 0) is 6.54 Å². The molecule has 2 atom stereocenters. The van der Waals surface area contributed by atoms with Crippen molar-refractivity contribution in [2.75, 3.05) is 0 Å². The van der Waals surface area contributed by atoms with Gasteiger partial charge in [0.1, 0.15) is 5.82 Å². The van der Waals surface area contributed by atoms with E-state index in [2.05, 4.69) is 38.0 Å². The van der Waals surface area contributed by atoms with Crippen molar-refractivity contribution >= 4 is 17.3 Å². The van der Waals surface area contributed by atoms with Gasteiger partial charge >= 0.3 is 0 Å². The van der Waals surface area contributed by atoms with Crippen molar-refractivity contribution in [2.24, 2.45) is 0 Å². The van der Waals surface area contributed by atoms with Gasteiger partial charge in [0, 0.05) is 30.3 Å². The minimum Gasteiger partial charge on any atom is -0.352 e. The first-order valence-corrected chi connectivity index (χ1v) is 10.6.